The van der Waals surface area contributed by atoms with Crippen molar-refractivity contribution in [2.45, 2.75) is 12.5 Å². The van der Waals surface area contributed by atoms with Crippen LogP contribution in [0.2, 0.25) is 0 Å². The average molecular weight is 114 g/mol. The lowest BCUT2D eigenvalue weighted by Gasteiger charge is -1.99. The Hall–Kier alpha value is -0.570. The van der Waals surface area contributed by atoms with Crippen molar-refractivity contribution in [1.82, 2.24) is 5.32 Å². The normalized spacial score (nSPS) is 28.2. The zero-order chi connectivity index (χ0) is 5.98. The van der Waals surface area contributed by atoms with Gasteiger partial charge in [0.1, 0.15) is 6.04 Å². The van der Waals surface area contributed by atoms with E-state index in [0.29, 0.717) is 6.42 Å². The Balaban J connectivity index is 2.35. The first-order valence-corrected chi connectivity index (χ1v) is 2.58. The minimum atomic E-state index is -0.751. The molecule has 0 bridgehead atoms. The molecule has 1 aliphatic heterocycles. The second-order valence-electron chi connectivity index (χ2n) is 1.82. The summed E-state index contributed by atoms with van der Waals surface area (Å²) < 4.78 is 0. The molecule has 0 spiro atoms. The van der Waals surface area contributed by atoms with Gasteiger partial charge < -0.3 is 10.4 Å². The van der Waals surface area contributed by atoms with E-state index in [-0.39, 0.29) is 6.04 Å². The van der Waals surface area contributed by atoms with Gasteiger partial charge in [0.2, 0.25) is 0 Å². The summed E-state index contributed by atoms with van der Waals surface area (Å²) in [6.45, 7) is 0.733. The minimum absolute atomic E-state index is 0.324. The third-order valence-electron chi connectivity index (χ3n) is 1.21. The number of hydrogen-bond acceptors (Lipinski definition) is 2. The van der Waals surface area contributed by atoms with Crippen molar-refractivity contribution in [3.8, 4) is 0 Å². The van der Waals surface area contributed by atoms with Crippen molar-refractivity contribution < 1.29 is 9.90 Å². The van der Waals surface area contributed by atoms with Crippen LogP contribution in [0.4, 0.5) is 0 Å². The van der Waals surface area contributed by atoms with E-state index in [1.807, 2.05) is 6.42 Å². The predicted octanol–water partition coefficient (Wildman–Crippen LogP) is -0.363. The van der Waals surface area contributed by atoms with Crippen molar-refractivity contribution in [3.05, 3.63) is 6.42 Å². The third-order valence-corrected chi connectivity index (χ3v) is 1.21. The largest absolute Gasteiger partial charge is 0.480 e. The van der Waals surface area contributed by atoms with Crippen molar-refractivity contribution in [2.75, 3.05) is 6.54 Å². The number of aliphatic carboxylic acids is 1. The van der Waals surface area contributed by atoms with Gasteiger partial charge in [0.05, 0.1) is 0 Å². The standard InChI is InChI=1S/C5H8NO2/c7-5(8)4-2-1-3-6-4/h1,4,6H,2-3H2,(H,7,8)/t4-/m0/s1. The van der Waals surface area contributed by atoms with E-state index in [1.54, 1.807) is 0 Å². The quantitative estimate of drug-likeness (QED) is 0.489. The molecule has 0 aromatic heterocycles. The van der Waals surface area contributed by atoms with Gasteiger partial charge in [0, 0.05) is 0 Å². The topological polar surface area (TPSA) is 49.3 Å². The van der Waals surface area contributed by atoms with E-state index in [1.165, 1.54) is 0 Å². The molecule has 3 nitrogen and oxygen atoms in total. The van der Waals surface area contributed by atoms with Crippen LogP contribution in [0, 0.1) is 6.42 Å². The Kier molecular flexibility index (Phi) is 1.48. The number of carboxylic acid groups (broad SMARTS) is 1. The number of rotatable bonds is 1. The molecular formula is C5H8NO2. The summed E-state index contributed by atoms with van der Waals surface area (Å²) in [7, 11) is 0. The van der Waals surface area contributed by atoms with Gasteiger partial charge in [-0.15, -0.1) is 0 Å². The lowest BCUT2D eigenvalue weighted by Crippen LogP contribution is -2.29. The van der Waals surface area contributed by atoms with Gasteiger partial charge in [-0.25, -0.2) is 0 Å². The zero-order valence-electron chi connectivity index (χ0n) is 4.42. The van der Waals surface area contributed by atoms with Gasteiger partial charge in [0.15, 0.2) is 0 Å². The van der Waals surface area contributed by atoms with Crippen LogP contribution in [0.5, 0.6) is 0 Å². The monoisotopic (exact) mass is 114 g/mol. The SMILES string of the molecule is O=C(O)[C@@H]1C[CH]CN1. The first-order valence-electron chi connectivity index (χ1n) is 2.58. The maximum atomic E-state index is 10.1. The maximum Gasteiger partial charge on any atom is 0.320 e. The van der Waals surface area contributed by atoms with Gasteiger partial charge in [0.25, 0.3) is 0 Å². The van der Waals surface area contributed by atoms with Crippen LogP contribution in [-0.2, 0) is 4.79 Å². The molecule has 1 fully saturated rings. The number of carboxylic acids is 1. The molecule has 1 atom stereocenters. The maximum absolute atomic E-state index is 10.1. The van der Waals surface area contributed by atoms with E-state index in [2.05, 4.69) is 5.32 Å². The van der Waals surface area contributed by atoms with Crippen LogP contribution in [-0.4, -0.2) is 23.7 Å². The molecular weight excluding hydrogens is 106 g/mol. The highest BCUT2D eigenvalue weighted by molar-refractivity contribution is 5.74. The van der Waals surface area contributed by atoms with E-state index >= 15 is 0 Å². The van der Waals surface area contributed by atoms with Crippen LogP contribution in [0.3, 0.4) is 0 Å². The highest BCUT2D eigenvalue weighted by Crippen LogP contribution is 2.02. The molecule has 0 aromatic carbocycles. The summed E-state index contributed by atoms with van der Waals surface area (Å²) in [6.07, 6.45) is 2.59. The smallest absolute Gasteiger partial charge is 0.320 e. The number of carbonyl (C=O) groups is 1. The van der Waals surface area contributed by atoms with Gasteiger partial charge in [-0.05, 0) is 19.4 Å². The van der Waals surface area contributed by atoms with Crippen LogP contribution in [0.15, 0.2) is 0 Å². The molecule has 1 rings (SSSR count). The Labute approximate surface area is 47.7 Å². The first kappa shape index (κ1) is 5.56. The highest BCUT2D eigenvalue weighted by Gasteiger charge is 2.20. The first-order chi connectivity index (χ1) is 3.80. The molecule has 1 radical (unpaired) electrons. The molecule has 2 N–H and O–H groups in total. The zero-order valence-corrected chi connectivity index (χ0v) is 4.42. The average Bonchev–Trinajstić information content (AvgIpc) is 2.12. The number of hydrogen-bond donors (Lipinski definition) is 2. The van der Waals surface area contributed by atoms with Crippen molar-refractivity contribution >= 4 is 5.97 Å². The molecule has 8 heavy (non-hydrogen) atoms. The van der Waals surface area contributed by atoms with E-state index in [9.17, 15) is 4.79 Å². The molecule has 0 amide bonds. The molecule has 0 saturated carbocycles. The van der Waals surface area contributed by atoms with Crippen LogP contribution < -0.4 is 5.32 Å². The Morgan fingerprint density at radius 3 is 2.88 bits per heavy atom. The van der Waals surface area contributed by atoms with E-state index < -0.39 is 5.97 Å². The van der Waals surface area contributed by atoms with Crippen molar-refractivity contribution in [1.29, 1.82) is 0 Å². The molecule has 0 aliphatic carbocycles. The van der Waals surface area contributed by atoms with Gasteiger partial charge >= 0.3 is 5.97 Å². The molecule has 0 aromatic rings. The summed E-state index contributed by atoms with van der Waals surface area (Å²) >= 11 is 0. The fourth-order valence-corrected chi connectivity index (χ4v) is 0.747. The second kappa shape index (κ2) is 2.13. The molecule has 1 saturated heterocycles. The third kappa shape index (κ3) is 0.980. The van der Waals surface area contributed by atoms with Gasteiger partial charge in [-0.1, -0.05) is 0 Å². The Bertz CT molecular complexity index is 96.6. The molecule has 45 valence electrons. The second-order valence-corrected chi connectivity index (χ2v) is 1.82. The summed E-state index contributed by atoms with van der Waals surface area (Å²) in [4.78, 5) is 10.1. The minimum Gasteiger partial charge on any atom is -0.480 e. The van der Waals surface area contributed by atoms with Crippen molar-refractivity contribution in [2.24, 2.45) is 0 Å². The van der Waals surface area contributed by atoms with Gasteiger partial charge in [-0.3, -0.25) is 4.79 Å². The van der Waals surface area contributed by atoms with Crippen LogP contribution >= 0.6 is 0 Å². The van der Waals surface area contributed by atoms with Crippen molar-refractivity contribution in [3.63, 3.8) is 0 Å². The fraction of sp³-hybridized carbons (Fsp3) is 0.600. The molecule has 3 heteroatoms. The molecule has 1 aliphatic rings. The van der Waals surface area contributed by atoms with Crippen LogP contribution in [0.1, 0.15) is 6.42 Å². The van der Waals surface area contributed by atoms with Crippen LogP contribution in [0.25, 0.3) is 0 Å². The van der Waals surface area contributed by atoms with E-state index in [0.717, 1.165) is 6.54 Å². The lowest BCUT2D eigenvalue weighted by molar-refractivity contribution is -0.138. The highest BCUT2D eigenvalue weighted by atomic mass is 16.4. The molecule has 1 heterocycles. The van der Waals surface area contributed by atoms with Gasteiger partial charge in [-0.2, -0.15) is 0 Å². The Morgan fingerprint density at radius 1 is 1.88 bits per heavy atom. The summed E-state index contributed by atoms with van der Waals surface area (Å²) in [5.74, 6) is -0.751. The summed E-state index contributed by atoms with van der Waals surface area (Å²) in [5, 5.41) is 11.1. The number of nitrogens with one attached hydrogen (secondary N) is 1. The predicted molar refractivity (Wildman–Crippen MR) is 28.3 cm³/mol. The van der Waals surface area contributed by atoms with E-state index in [4.69, 9.17) is 5.11 Å². The summed E-state index contributed by atoms with van der Waals surface area (Å²) in [5.41, 5.74) is 0. The fourth-order valence-electron chi connectivity index (χ4n) is 0.747. The Morgan fingerprint density at radius 2 is 2.62 bits per heavy atom. The lowest BCUT2D eigenvalue weighted by atomic mass is 10.2. The molecule has 0 unspecified atom stereocenters. The summed E-state index contributed by atoms with van der Waals surface area (Å²) in [6, 6.07) is -0.324.